The molecule has 2 aliphatic carbocycles. The predicted molar refractivity (Wildman–Crippen MR) is 94.4 cm³/mol. The highest BCUT2D eigenvalue weighted by Gasteiger charge is 2.45. The molecule has 2 N–H and O–H groups in total. The highest BCUT2D eigenvalue weighted by Crippen LogP contribution is 2.49. The second kappa shape index (κ2) is 7.89. The Hall–Kier alpha value is -2.04. The zero-order chi connectivity index (χ0) is 17.8. The van der Waals surface area contributed by atoms with Gasteiger partial charge in [0.05, 0.1) is 12.5 Å². The molecule has 136 valence electrons. The van der Waals surface area contributed by atoms with Crippen LogP contribution in [0.5, 0.6) is 5.75 Å². The molecule has 1 aromatic carbocycles. The fourth-order valence-corrected chi connectivity index (χ4v) is 3.49. The first-order valence-electron chi connectivity index (χ1n) is 9.30. The van der Waals surface area contributed by atoms with Crippen molar-refractivity contribution in [1.82, 2.24) is 5.32 Å². The van der Waals surface area contributed by atoms with Crippen LogP contribution in [0.2, 0.25) is 0 Å². The van der Waals surface area contributed by atoms with Gasteiger partial charge in [0.2, 0.25) is 5.91 Å². The molecule has 1 atom stereocenters. The number of carbonyl (C=O) groups excluding carboxylic acids is 1. The van der Waals surface area contributed by atoms with Crippen molar-refractivity contribution in [2.24, 2.45) is 23.7 Å². The number of hydrogen-bond acceptors (Lipinski definition) is 3. The van der Waals surface area contributed by atoms with Gasteiger partial charge < -0.3 is 15.2 Å². The molecule has 1 amide bonds. The molecular formula is C20H27NO4. The Morgan fingerprint density at radius 1 is 1.16 bits per heavy atom. The Labute approximate surface area is 148 Å². The molecule has 2 saturated carbocycles. The van der Waals surface area contributed by atoms with E-state index in [1.807, 2.05) is 31.2 Å². The number of carbonyl (C=O) groups is 2. The van der Waals surface area contributed by atoms with Crippen LogP contribution in [0.1, 0.15) is 38.2 Å². The smallest absolute Gasteiger partial charge is 0.308 e. The molecule has 25 heavy (non-hydrogen) atoms. The van der Waals surface area contributed by atoms with Crippen LogP contribution >= 0.6 is 0 Å². The van der Waals surface area contributed by atoms with E-state index >= 15 is 0 Å². The first-order valence-corrected chi connectivity index (χ1v) is 9.30. The van der Waals surface area contributed by atoms with Gasteiger partial charge in [0.25, 0.3) is 0 Å². The maximum Gasteiger partial charge on any atom is 0.308 e. The van der Waals surface area contributed by atoms with Crippen molar-refractivity contribution >= 4 is 11.9 Å². The fraction of sp³-hybridized carbons (Fsp3) is 0.600. The fourth-order valence-electron chi connectivity index (χ4n) is 3.49. The second-order valence-corrected chi connectivity index (χ2v) is 7.26. The second-order valence-electron chi connectivity index (χ2n) is 7.26. The summed E-state index contributed by atoms with van der Waals surface area (Å²) in [6.45, 7) is 2.72. The third kappa shape index (κ3) is 4.97. The van der Waals surface area contributed by atoms with Gasteiger partial charge in [-0.3, -0.25) is 9.59 Å². The van der Waals surface area contributed by atoms with Crippen molar-refractivity contribution in [3.63, 3.8) is 0 Å². The van der Waals surface area contributed by atoms with Gasteiger partial charge in [0, 0.05) is 12.5 Å². The van der Waals surface area contributed by atoms with Crippen LogP contribution in [0.4, 0.5) is 0 Å². The van der Waals surface area contributed by atoms with Crippen LogP contribution in [0, 0.1) is 23.7 Å². The maximum absolute atomic E-state index is 12.5. The Bertz CT molecular complexity index is 593. The average Bonchev–Trinajstić information content (AvgIpc) is 3.48. The van der Waals surface area contributed by atoms with Gasteiger partial charge in [-0.25, -0.2) is 0 Å². The van der Waals surface area contributed by atoms with Gasteiger partial charge in [-0.2, -0.15) is 0 Å². The van der Waals surface area contributed by atoms with E-state index in [1.54, 1.807) is 0 Å². The monoisotopic (exact) mass is 345 g/mol. The molecular weight excluding hydrogens is 318 g/mol. The first kappa shape index (κ1) is 17.8. The minimum absolute atomic E-state index is 0.0583. The van der Waals surface area contributed by atoms with E-state index in [4.69, 9.17) is 4.74 Å². The van der Waals surface area contributed by atoms with Gasteiger partial charge in [-0.15, -0.1) is 0 Å². The molecule has 0 spiro atoms. The lowest BCUT2D eigenvalue weighted by Gasteiger charge is -2.18. The minimum Gasteiger partial charge on any atom is -0.494 e. The van der Waals surface area contributed by atoms with E-state index in [2.05, 4.69) is 5.32 Å². The number of amides is 1. The van der Waals surface area contributed by atoms with Gasteiger partial charge in [0.1, 0.15) is 5.75 Å². The number of hydrogen-bond donors (Lipinski definition) is 2. The van der Waals surface area contributed by atoms with Crippen molar-refractivity contribution in [1.29, 1.82) is 0 Å². The molecule has 2 fully saturated rings. The summed E-state index contributed by atoms with van der Waals surface area (Å²) >= 11 is 0. The van der Waals surface area contributed by atoms with E-state index < -0.39 is 11.9 Å². The standard InChI is InChI=1S/C20H27NO4/c1-2-25-17-9-3-13(4-10-17)11-16(20(23)24)12-21-19(22)18(14-5-6-14)15-7-8-15/h3-4,9-10,14-16,18H,2,5-8,11-12H2,1H3,(H,21,22)(H,23,24). The van der Waals surface area contributed by atoms with Crippen molar-refractivity contribution in [2.45, 2.75) is 39.0 Å². The lowest BCUT2D eigenvalue weighted by Crippen LogP contribution is -2.39. The molecule has 3 rings (SSSR count). The normalized spacial score (nSPS) is 18.0. The highest BCUT2D eigenvalue weighted by atomic mass is 16.5. The Morgan fingerprint density at radius 2 is 1.76 bits per heavy atom. The minimum atomic E-state index is -0.872. The van der Waals surface area contributed by atoms with E-state index in [-0.39, 0.29) is 18.4 Å². The van der Waals surface area contributed by atoms with Crippen molar-refractivity contribution in [2.75, 3.05) is 13.2 Å². The Kier molecular flexibility index (Phi) is 5.61. The van der Waals surface area contributed by atoms with Gasteiger partial charge in [-0.1, -0.05) is 12.1 Å². The van der Waals surface area contributed by atoms with E-state index in [0.29, 0.717) is 24.9 Å². The number of carboxylic acid groups (broad SMARTS) is 1. The summed E-state index contributed by atoms with van der Waals surface area (Å²) in [6, 6.07) is 7.49. The Balaban J connectivity index is 1.53. The number of aliphatic carboxylic acids is 1. The summed E-state index contributed by atoms with van der Waals surface area (Å²) in [4.78, 5) is 24.1. The number of ether oxygens (including phenoxy) is 1. The zero-order valence-electron chi connectivity index (χ0n) is 14.7. The highest BCUT2D eigenvalue weighted by molar-refractivity contribution is 5.81. The molecule has 0 aromatic heterocycles. The van der Waals surface area contributed by atoms with Crippen molar-refractivity contribution in [3.05, 3.63) is 29.8 Å². The van der Waals surface area contributed by atoms with E-state index in [9.17, 15) is 14.7 Å². The van der Waals surface area contributed by atoms with Crippen LogP contribution in [-0.2, 0) is 16.0 Å². The van der Waals surface area contributed by atoms with Gasteiger partial charge in [-0.05, 0) is 68.6 Å². The molecule has 0 saturated heterocycles. The topological polar surface area (TPSA) is 75.6 Å². The third-order valence-corrected chi connectivity index (χ3v) is 5.15. The molecule has 0 aliphatic heterocycles. The molecule has 2 aliphatic rings. The lowest BCUT2D eigenvalue weighted by atomic mass is 9.95. The molecule has 5 nitrogen and oxygen atoms in total. The summed E-state index contributed by atoms with van der Waals surface area (Å²) in [6.07, 6.45) is 4.97. The van der Waals surface area contributed by atoms with E-state index in [1.165, 1.54) is 0 Å². The molecule has 0 radical (unpaired) electrons. The van der Waals surface area contributed by atoms with Crippen LogP contribution in [-0.4, -0.2) is 30.1 Å². The quantitative estimate of drug-likeness (QED) is 0.684. The van der Waals surface area contributed by atoms with Gasteiger partial charge >= 0.3 is 5.97 Å². The Morgan fingerprint density at radius 3 is 2.24 bits per heavy atom. The van der Waals surface area contributed by atoms with Gasteiger partial charge in [0.15, 0.2) is 0 Å². The molecule has 5 heteroatoms. The summed E-state index contributed by atoms with van der Waals surface area (Å²) < 4.78 is 5.40. The number of nitrogens with one attached hydrogen (secondary N) is 1. The van der Waals surface area contributed by atoms with E-state index in [0.717, 1.165) is 37.0 Å². The van der Waals surface area contributed by atoms with Crippen molar-refractivity contribution < 1.29 is 19.4 Å². The number of benzene rings is 1. The van der Waals surface area contributed by atoms with Crippen LogP contribution in [0.3, 0.4) is 0 Å². The van der Waals surface area contributed by atoms with Crippen molar-refractivity contribution in [3.8, 4) is 5.75 Å². The summed E-state index contributed by atoms with van der Waals surface area (Å²) in [5.41, 5.74) is 0.936. The largest absolute Gasteiger partial charge is 0.494 e. The van der Waals surface area contributed by atoms with Crippen LogP contribution in [0.15, 0.2) is 24.3 Å². The third-order valence-electron chi connectivity index (χ3n) is 5.15. The SMILES string of the molecule is CCOc1ccc(CC(CNC(=O)C(C2CC2)C2CC2)C(=O)O)cc1. The summed E-state index contributed by atoms with van der Waals surface area (Å²) in [7, 11) is 0. The molecule has 1 unspecified atom stereocenters. The lowest BCUT2D eigenvalue weighted by molar-refractivity contribution is -0.141. The maximum atomic E-state index is 12.5. The summed E-state index contributed by atoms with van der Waals surface area (Å²) in [5.74, 6) is 0.527. The van der Waals surface area contributed by atoms with Crippen LogP contribution in [0.25, 0.3) is 0 Å². The number of rotatable bonds is 10. The molecule has 0 heterocycles. The van der Waals surface area contributed by atoms with Crippen LogP contribution < -0.4 is 10.1 Å². The average molecular weight is 345 g/mol. The summed E-state index contributed by atoms with van der Waals surface area (Å²) in [5, 5.41) is 12.4. The molecule has 0 bridgehead atoms. The zero-order valence-corrected chi connectivity index (χ0v) is 14.7. The number of carboxylic acids is 1. The first-order chi connectivity index (χ1) is 12.1. The molecule has 1 aromatic rings. The predicted octanol–water partition coefficient (Wildman–Crippen LogP) is 2.88.